The van der Waals surface area contributed by atoms with Gasteiger partial charge in [0, 0.05) is 11.0 Å². The van der Waals surface area contributed by atoms with E-state index >= 15 is 0 Å². The molecule has 0 saturated carbocycles. The fourth-order valence-electron chi connectivity index (χ4n) is 1.05. The standard InChI is InChI=1S/C10H13BrFNO/c1-2-8(6-13)14-10-5-7(11)3-4-9(10)12/h3-5,8H,2,6,13H2,1H3. The summed E-state index contributed by atoms with van der Waals surface area (Å²) in [4.78, 5) is 0. The van der Waals surface area contributed by atoms with E-state index in [9.17, 15) is 4.39 Å². The van der Waals surface area contributed by atoms with Gasteiger partial charge in [-0.2, -0.15) is 0 Å². The zero-order valence-corrected chi connectivity index (χ0v) is 9.55. The fraction of sp³-hybridized carbons (Fsp3) is 0.400. The minimum absolute atomic E-state index is 0.126. The molecule has 1 rings (SSSR count). The van der Waals surface area contributed by atoms with Crippen LogP contribution in [0, 0.1) is 5.82 Å². The van der Waals surface area contributed by atoms with Crippen LogP contribution < -0.4 is 10.5 Å². The van der Waals surface area contributed by atoms with E-state index in [0.717, 1.165) is 10.9 Å². The van der Waals surface area contributed by atoms with Crippen molar-refractivity contribution in [2.45, 2.75) is 19.4 Å². The Kier molecular flexibility index (Phi) is 4.35. The molecule has 0 aromatic heterocycles. The summed E-state index contributed by atoms with van der Waals surface area (Å²) in [7, 11) is 0. The number of rotatable bonds is 4. The number of halogens is 2. The Balaban J connectivity index is 2.79. The number of hydrogen-bond donors (Lipinski definition) is 1. The van der Waals surface area contributed by atoms with Gasteiger partial charge in [0.15, 0.2) is 11.6 Å². The van der Waals surface area contributed by atoms with Crippen LogP contribution in [0.5, 0.6) is 5.75 Å². The fourth-order valence-corrected chi connectivity index (χ4v) is 1.39. The molecule has 0 aliphatic rings. The molecule has 1 atom stereocenters. The Morgan fingerprint density at radius 1 is 1.57 bits per heavy atom. The average Bonchev–Trinajstić information content (AvgIpc) is 2.19. The molecule has 1 aromatic carbocycles. The van der Waals surface area contributed by atoms with Crippen molar-refractivity contribution in [2.75, 3.05) is 6.54 Å². The Bertz CT molecular complexity index is 302. The summed E-state index contributed by atoms with van der Waals surface area (Å²) in [6, 6.07) is 4.60. The van der Waals surface area contributed by atoms with Crippen molar-refractivity contribution in [3.63, 3.8) is 0 Å². The minimum Gasteiger partial charge on any atom is -0.486 e. The second kappa shape index (κ2) is 5.32. The molecule has 0 radical (unpaired) electrons. The molecule has 4 heteroatoms. The SMILES string of the molecule is CCC(CN)Oc1cc(Br)ccc1F. The van der Waals surface area contributed by atoms with Gasteiger partial charge in [0.05, 0.1) is 0 Å². The van der Waals surface area contributed by atoms with Gasteiger partial charge >= 0.3 is 0 Å². The second-order valence-corrected chi connectivity index (χ2v) is 3.87. The zero-order chi connectivity index (χ0) is 10.6. The zero-order valence-electron chi connectivity index (χ0n) is 7.97. The van der Waals surface area contributed by atoms with Crippen molar-refractivity contribution in [2.24, 2.45) is 5.73 Å². The predicted molar refractivity (Wildman–Crippen MR) is 57.9 cm³/mol. The Morgan fingerprint density at radius 2 is 2.29 bits per heavy atom. The van der Waals surface area contributed by atoms with E-state index in [1.54, 1.807) is 12.1 Å². The summed E-state index contributed by atoms with van der Waals surface area (Å²) in [5.41, 5.74) is 5.46. The van der Waals surface area contributed by atoms with Crippen LogP contribution in [0.1, 0.15) is 13.3 Å². The van der Waals surface area contributed by atoms with Gasteiger partial charge in [0.25, 0.3) is 0 Å². The van der Waals surface area contributed by atoms with Crippen LogP contribution in [0.2, 0.25) is 0 Å². The van der Waals surface area contributed by atoms with Gasteiger partial charge < -0.3 is 10.5 Å². The lowest BCUT2D eigenvalue weighted by Gasteiger charge is -2.15. The summed E-state index contributed by atoms with van der Waals surface area (Å²) in [5, 5.41) is 0. The molecule has 1 unspecified atom stereocenters. The molecule has 0 fully saturated rings. The second-order valence-electron chi connectivity index (χ2n) is 2.96. The van der Waals surface area contributed by atoms with Crippen molar-refractivity contribution < 1.29 is 9.13 Å². The van der Waals surface area contributed by atoms with Crippen LogP contribution in [-0.2, 0) is 0 Å². The number of hydrogen-bond acceptors (Lipinski definition) is 2. The van der Waals surface area contributed by atoms with Crippen molar-refractivity contribution in [3.8, 4) is 5.75 Å². The molecule has 78 valence electrons. The molecule has 2 nitrogen and oxygen atoms in total. The Morgan fingerprint density at radius 3 is 2.86 bits per heavy atom. The third-order valence-electron chi connectivity index (χ3n) is 1.91. The number of nitrogens with two attached hydrogens (primary N) is 1. The predicted octanol–water partition coefficient (Wildman–Crippen LogP) is 2.70. The Labute approximate surface area is 91.4 Å². The Hall–Kier alpha value is -0.610. The molecule has 0 heterocycles. The van der Waals surface area contributed by atoms with Crippen molar-refractivity contribution in [1.82, 2.24) is 0 Å². The third-order valence-corrected chi connectivity index (χ3v) is 2.40. The van der Waals surface area contributed by atoms with Gasteiger partial charge in [-0.1, -0.05) is 22.9 Å². The van der Waals surface area contributed by atoms with E-state index in [-0.39, 0.29) is 17.7 Å². The van der Waals surface area contributed by atoms with Gasteiger partial charge in [-0.3, -0.25) is 0 Å². The van der Waals surface area contributed by atoms with E-state index in [0.29, 0.717) is 6.54 Å². The third kappa shape index (κ3) is 2.96. The van der Waals surface area contributed by atoms with E-state index < -0.39 is 0 Å². The van der Waals surface area contributed by atoms with Gasteiger partial charge in [0.1, 0.15) is 6.10 Å². The van der Waals surface area contributed by atoms with Gasteiger partial charge in [0.2, 0.25) is 0 Å². The molecular weight excluding hydrogens is 249 g/mol. The monoisotopic (exact) mass is 261 g/mol. The molecule has 0 amide bonds. The molecule has 0 spiro atoms. The molecule has 0 aliphatic carbocycles. The number of benzene rings is 1. The summed E-state index contributed by atoms with van der Waals surface area (Å²) < 4.78 is 19.4. The van der Waals surface area contributed by atoms with Crippen molar-refractivity contribution >= 4 is 15.9 Å². The first-order chi connectivity index (χ1) is 6.67. The first-order valence-corrected chi connectivity index (χ1v) is 5.28. The average molecular weight is 262 g/mol. The summed E-state index contributed by atoms with van der Waals surface area (Å²) in [6.45, 7) is 2.34. The lowest BCUT2D eigenvalue weighted by atomic mass is 10.2. The van der Waals surface area contributed by atoms with Crippen LogP contribution in [0.3, 0.4) is 0 Å². The van der Waals surface area contributed by atoms with Crippen molar-refractivity contribution in [1.29, 1.82) is 0 Å². The molecule has 1 aromatic rings. The first kappa shape index (κ1) is 11.5. The summed E-state index contributed by atoms with van der Waals surface area (Å²) in [6.07, 6.45) is 0.640. The van der Waals surface area contributed by atoms with Crippen LogP contribution in [0.4, 0.5) is 4.39 Å². The molecule has 2 N–H and O–H groups in total. The molecular formula is C10H13BrFNO. The maximum absolute atomic E-state index is 13.2. The molecule has 14 heavy (non-hydrogen) atoms. The van der Waals surface area contributed by atoms with E-state index in [1.165, 1.54) is 6.07 Å². The minimum atomic E-state index is -0.361. The van der Waals surface area contributed by atoms with E-state index in [1.807, 2.05) is 6.92 Å². The van der Waals surface area contributed by atoms with Crippen molar-refractivity contribution in [3.05, 3.63) is 28.5 Å². The van der Waals surface area contributed by atoms with Crippen LogP contribution in [0.15, 0.2) is 22.7 Å². The van der Waals surface area contributed by atoms with Gasteiger partial charge in [-0.25, -0.2) is 4.39 Å². The lowest BCUT2D eigenvalue weighted by Crippen LogP contribution is -2.26. The summed E-state index contributed by atoms with van der Waals surface area (Å²) in [5.74, 6) is -0.114. The van der Waals surface area contributed by atoms with Gasteiger partial charge in [-0.15, -0.1) is 0 Å². The smallest absolute Gasteiger partial charge is 0.165 e. The quantitative estimate of drug-likeness (QED) is 0.905. The highest BCUT2D eigenvalue weighted by molar-refractivity contribution is 9.10. The topological polar surface area (TPSA) is 35.2 Å². The highest BCUT2D eigenvalue weighted by Gasteiger charge is 2.09. The maximum Gasteiger partial charge on any atom is 0.165 e. The maximum atomic E-state index is 13.2. The first-order valence-electron chi connectivity index (χ1n) is 4.49. The van der Waals surface area contributed by atoms with Crippen LogP contribution in [-0.4, -0.2) is 12.6 Å². The van der Waals surface area contributed by atoms with Gasteiger partial charge in [-0.05, 0) is 24.6 Å². The highest BCUT2D eigenvalue weighted by atomic mass is 79.9. The van der Waals surface area contributed by atoms with Crippen LogP contribution in [0.25, 0.3) is 0 Å². The molecule has 0 saturated heterocycles. The highest BCUT2D eigenvalue weighted by Crippen LogP contribution is 2.23. The normalized spacial score (nSPS) is 12.6. The van der Waals surface area contributed by atoms with Crippen LogP contribution >= 0.6 is 15.9 Å². The van der Waals surface area contributed by atoms with E-state index in [4.69, 9.17) is 10.5 Å². The largest absolute Gasteiger partial charge is 0.486 e. The summed E-state index contributed by atoms with van der Waals surface area (Å²) >= 11 is 3.25. The number of ether oxygens (including phenoxy) is 1. The molecule has 0 bridgehead atoms. The molecule has 0 aliphatic heterocycles. The lowest BCUT2D eigenvalue weighted by molar-refractivity contribution is 0.196. The van der Waals surface area contributed by atoms with E-state index in [2.05, 4.69) is 15.9 Å².